The summed E-state index contributed by atoms with van der Waals surface area (Å²) in [6.07, 6.45) is 1.71. The number of rotatable bonds is 3. The smallest absolute Gasteiger partial charge is 0.273 e. The third-order valence-electron chi connectivity index (χ3n) is 1.92. The van der Waals surface area contributed by atoms with E-state index in [1.807, 2.05) is 20.8 Å². The first-order valence-corrected chi connectivity index (χ1v) is 4.99. The lowest BCUT2D eigenvalue weighted by molar-refractivity contribution is -0.00710. The van der Waals surface area contributed by atoms with Crippen molar-refractivity contribution in [3.8, 4) is 0 Å². The van der Waals surface area contributed by atoms with E-state index < -0.39 is 0 Å². The molecule has 0 atom stereocenters. The van der Waals surface area contributed by atoms with Crippen LogP contribution in [-0.2, 0) is 11.3 Å². The Labute approximate surface area is 89.7 Å². The van der Waals surface area contributed by atoms with Crippen molar-refractivity contribution in [2.75, 3.05) is 12.3 Å². The molecule has 0 aliphatic carbocycles. The summed E-state index contributed by atoms with van der Waals surface area (Å²) >= 11 is 0. The number of nitrogens with zero attached hydrogens (tertiary/aromatic N) is 1. The highest BCUT2D eigenvalue weighted by atomic mass is 16.5. The minimum Gasteiger partial charge on any atom is -0.394 e. The van der Waals surface area contributed by atoms with Gasteiger partial charge in [0.2, 0.25) is 0 Å². The van der Waals surface area contributed by atoms with Crippen LogP contribution in [0.5, 0.6) is 0 Å². The van der Waals surface area contributed by atoms with Crippen LogP contribution in [0, 0.1) is 0 Å². The average molecular weight is 210 g/mol. The van der Waals surface area contributed by atoms with Crippen molar-refractivity contribution in [3.63, 3.8) is 0 Å². The quantitative estimate of drug-likeness (QED) is 0.816. The number of hydrogen-bond donors (Lipinski definition) is 1. The average Bonchev–Trinajstić information content (AvgIpc) is 2.10. The van der Waals surface area contributed by atoms with Crippen molar-refractivity contribution in [3.05, 3.63) is 28.7 Å². The molecule has 0 unspecified atom stereocenters. The summed E-state index contributed by atoms with van der Waals surface area (Å²) in [5.74, 6) is 0. The molecule has 15 heavy (non-hydrogen) atoms. The number of aromatic nitrogens is 1. The maximum atomic E-state index is 11.5. The predicted octanol–water partition coefficient (Wildman–Crippen LogP) is 1.25. The third kappa shape index (κ3) is 3.75. The van der Waals surface area contributed by atoms with Gasteiger partial charge in [-0.3, -0.25) is 4.79 Å². The van der Waals surface area contributed by atoms with Crippen molar-refractivity contribution >= 4 is 5.69 Å². The van der Waals surface area contributed by atoms with Crippen molar-refractivity contribution in [2.45, 2.75) is 32.9 Å². The number of anilines is 1. The Morgan fingerprint density at radius 1 is 1.47 bits per heavy atom. The molecule has 1 rings (SSSR count). The van der Waals surface area contributed by atoms with Gasteiger partial charge in [0, 0.05) is 12.7 Å². The van der Waals surface area contributed by atoms with Gasteiger partial charge in [-0.15, -0.1) is 0 Å². The fourth-order valence-corrected chi connectivity index (χ4v) is 1.18. The number of pyridine rings is 1. The first kappa shape index (κ1) is 11.8. The van der Waals surface area contributed by atoms with E-state index in [2.05, 4.69) is 0 Å². The standard InChI is InChI=1S/C11H18N2O2/c1-11(2,3)15-8-7-13-6-4-5-9(12)10(13)14/h4-6H,7-8,12H2,1-3H3. The molecule has 0 aliphatic rings. The van der Waals surface area contributed by atoms with Gasteiger partial charge in [0.15, 0.2) is 0 Å². The highest BCUT2D eigenvalue weighted by molar-refractivity contribution is 5.33. The maximum absolute atomic E-state index is 11.5. The van der Waals surface area contributed by atoms with Crippen molar-refractivity contribution in [1.29, 1.82) is 0 Å². The van der Waals surface area contributed by atoms with Gasteiger partial charge in [0.05, 0.1) is 17.9 Å². The normalized spacial score (nSPS) is 11.7. The summed E-state index contributed by atoms with van der Waals surface area (Å²) in [5.41, 5.74) is 5.44. The Kier molecular flexibility index (Phi) is 3.52. The molecular formula is C11H18N2O2. The van der Waals surface area contributed by atoms with Crippen LogP contribution in [0.25, 0.3) is 0 Å². The molecule has 0 fully saturated rings. The second-order valence-corrected chi connectivity index (χ2v) is 4.42. The van der Waals surface area contributed by atoms with E-state index in [1.54, 1.807) is 22.9 Å². The Morgan fingerprint density at radius 2 is 2.13 bits per heavy atom. The monoisotopic (exact) mass is 210 g/mol. The summed E-state index contributed by atoms with van der Waals surface area (Å²) in [5, 5.41) is 0. The van der Waals surface area contributed by atoms with Gasteiger partial charge in [-0.2, -0.15) is 0 Å². The summed E-state index contributed by atoms with van der Waals surface area (Å²) < 4.78 is 7.08. The highest BCUT2D eigenvalue weighted by Crippen LogP contribution is 2.06. The van der Waals surface area contributed by atoms with E-state index in [0.717, 1.165) is 0 Å². The summed E-state index contributed by atoms with van der Waals surface area (Å²) in [6, 6.07) is 3.36. The first-order chi connectivity index (χ1) is 6.90. The molecule has 4 heteroatoms. The molecule has 4 nitrogen and oxygen atoms in total. The third-order valence-corrected chi connectivity index (χ3v) is 1.92. The lowest BCUT2D eigenvalue weighted by Crippen LogP contribution is -2.27. The Morgan fingerprint density at radius 3 is 2.73 bits per heavy atom. The topological polar surface area (TPSA) is 57.2 Å². The molecule has 2 N–H and O–H groups in total. The van der Waals surface area contributed by atoms with E-state index in [0.29, 0.717) is 13.2 Å². The van der Waals surface area contributed by atoms with Crippen molar-refractivity contribution in [1.82, 2.24) is 4.57 Å². The Hall–Kier alpha value is -1.29. The summed E-state index contributed by atoms with van der Waals surface area (Å²) in [6.45, 7) is 6.98. The second kappa shape index (κ2) is 4.49. The van der Waals surface area contributed by atoms with Crippen LogP contribution in [0.1, 0.15) is 20.8 Å². The van der Waals surface area contributed by atoms with Gasteiger partial charge in [-0.05, 0) is 32.9 Å². The zero-order valence-electron chi connectivity index (χ0n) is 9.49. The van der Waals surface area contributed by atoms with E-state index >= 15 is 0 Å². The number of hydrogen-bond acceptors (Lipinski definition) is 3. The van der Waals surface area contributed by atoms with Crippen LogP contribution in [0.15, 0.2) is 23.1 Å². The molecule has 0 saturated heterocycles. The van der Waals surface area contributed by atoms with E-state index in [4.69, 9.17) is 10.5 Å². The largest absolute Gasteiger partial charge is 0.394 e. The van der Waals surface area contributed by atoms with Gasteiger partial charge in [-0.25, -0.2) is 0 Å². The van der Waals surface area contributed by atoms with Gasteiger partial charge in [0.1, 0.15) is 0 Å². The fraction of sp³-hybridized carbons (Fsp3) is 0.545. The first-order valence-electron chi connectivity index (χ1n) is 4.99. The zero-order chi connectivity index (χ0) is 11.5. The number of ether oxygens (including phenoxy) is 1. The van der Waals surface area contributed by atoms with E-state index in [-0.39, 0.29) is 16.8 Å². The Bertz CT molecular complexity index is 377. The fourth-order valence-electron chi connectivity index (χ4n) is 1.18. The van der Waals surface area contributed by atoms with Gasteiger partial charge in [0.25, 0.3) is 5.56 Å². The molecule has 1 aromatic rings. The SMILES string of the molecule is CC(C)(C)OCCn1cccc(N)c1=O. The van der Waals surface area contributed by atoms with Crippen LogP contribution in [-0.4, -0.2) is 16.8 Å². The predicted molar refractivity (Wildman–Crippen MR) is 60.8 cm³/mol. The van der Waals surface area contributed by atoms with E-state index in [9.17, 15) is 4.79 Å². The minimum absolute atomic E-state index is 0.157. The highest BCUT2D eigenvalue weighted by Gasteiger charge is 2.09. The second-order valence-electron chi connectivity index (χ2n) is 4.42. The molecule has 0 bridgehead atoms. The molecular weight excluding hydrogens is 192 g/mol. The van der Waals surface area contributed by atoms with Crippen LogP contribution in [0.4, 0.5) is 5.69 Å². The van der Waals surface area contributed by atoms with Crippen LogP contribution < -0.4 is 11.3 Å². The lowest BCUT2D eigenvalue weighted by Gasteiger charge is -2.19. The van der Waals surface area contributed by atoms with Crippen LogP contribution in [0.2, 0.25) is 0 Å². The zero-order valence-corrected chi connectivity index (χ0v) is 9.49. The lowest BCUT2D eigenvalue weighted by atomic mass is 10.2. The van der Waals surface area contributed by atoms with Gasteiger partial charge >= 0.3 is 0 Å². The van der Waals surface area contributed by atoms with Crippen LogP contribution >= 0.6 is 0 Å². The Balaban J connectivity index is 2.59. The molecule has 1 aromatic heterocycles. The molecule has 0 amide bonds. The summed E-state index contributed by atoms with van der Waals surface area (Å²) in [7, 11) is 0. The van der Waals surface area contributed by atoms with Gasteiger partial charge < -0.3 is 15.0 Å². The molecule has 0 aromatic carbocycles. The summed E-state index contributed by atoms with van der Waals surface area (Å²) in [4.78, 5) is 11.5. The molecule has 0 radical (unpaired) electrons. The maximum Gasteiger partial charge on any atom is 0.273 e. The molecule has 0 saturated carbocycles. The molecule has 84 valence electrons. The minimum atomic E-state index is -0.177. The molecule has 1 heterocycles. The number of nitrogens with two attached hydrogens (primary N) is 1. The molecule has 0 spiro atoms. The van der Waals surface area contributed by atoms with Gasteiger partial charge in [-0.1, -0.05) is 0 Å². The van der Waals surface area contributed by atoms with E-state index in [1.165, 1.54) is 0 Å². The van der Waals surface area contributed by atoms with Crippen molar-refractivity contribution < 1.29 is 4.74 Å². The number of nitrogen functional groups attached to an aromatic ring is 1. The van der Waals surface area contributed by atoms with Crippen molar-refractivity contribution in [2.24, 2.45) is 0 Å². The molecule has 0 aliphatic heterocycles. The van der Waals surface area contributed by atoms with Crippen LogP contribution in [0.3, 0.4) is 0 Å².